The smallest absolute Gasteiger partial charge is 0.379 e. The van der Waals surface area contributed by atoms with Crippen LogP contribution < -0.4 is 14.2 Å². The zero-order chi connectivity index (χ0) is 19.5. The molecule has 3 aromatic rings. The van der Waals surface area contributed by atoms with Crippen LogP contribution in [0.4, 0.5) is 0 Å². The highest BCUT2D eigenvalue weighted by atomic mass is 16.5. The molecule has 0 fully saturated rings. The Morgan fingerprint density at radius 2 is 1.96 bits per heavy atom. The normalized spacial score (nSPS) is 13.9. The first-order valence-electron chi connectivity index (χ1n) is 8.71. The van der Waals surface area contributed by atoms with E-state index in [0.29, 0.717) is 23.7 Å². The van der Waals surface area contributed by atoms with E-state index in [1.807, 2.05) is 31.2 Å². The number of Topliss-reactive ketones (excluding diaryl/α,β-unsaturated/α-hetero) is 1. The largest absolute Gasteiger partial charge is 0.493 e. The van der Waals surface area contributed by atoms with Crippen molar-refractivity contribution < 1.29 is 28.2 Å². The lowest BCUT2D eigenvalue weighted by Gasteiger charge is -2.07. The third-order valence-electron chi connectivity index (χ3n) is 4.08. The quantitative estimate of drug-likeness (QED) is 0.370. The van der Waals surface area contributed by atoms with E-state index in [9.17, 15) is 9.59 Å². The number of furan rings is 1. The molecule has 0 spiro atoms. The summed E-state index contributed by atoms with van der Waals surface area (Å²) in [5.74, 6) is 0.639. The van der Waals surface area contributed by atoms with E-state index in [0.717, 1.165) is 5.56 Å². The molecule has 0 atom stereocenters. The number of ketones is 1. The van der Waals surface area contributed by atoms with Crippen molar-refractivity contribution in [2.75, 3.05) is 6.61 Å². The van der Waals surface area contributed by atoms with Gasteiger partial charge in [0.1, 0.15) is 17.2 Å². The molecule has 1 aromatic heterocycles. The second kappa shape index (κ2) is 7.44. The predicted octanol–water partition coefficient (Wildman–Crippen LogP) is 4.51. The number of para-hydroxylation sites is 1. The van der Waals surface area contributed by atoms with E-state index >= 15 is 0 Å². The number of hydrogen-bond donors (Lipinski definition) is 0. The Morgan fingerprint density at radius 3 is 2.75 bits per heavy atom. The number of ether oxygens (including phenoxy) is 3. The van der Waals surface area contributed by atoms with Crippen LogP contribution in [0.25, 0.3) is 6.08 Å². The number of carbonyl (C=O) groups is 2. The highest BCUT2D eigenvalue weighted by molar-refractivity contribution is 6.14. The number of carbonyl (C=O) groups excluding carboxylic acids is 2. The average molecular weight is 376 g/mol. The first-order valence-corrected chi connectivity index (χ1v) is 8.71. The Hall–Kier alpha value is -3.80. The summed E-state index contributed by atoms with van der Waals surface area (Å²) in [7, 11) is 0. The first kappa shape index (κ1) is 17.6. The van der Waals surface area contributed by atoms with Crippen LogP contribution in [0.3, 0.4) is 0 Å². The van der Waals surface area contributed by atoms with Gasteiger partial charge < -0.3 is 18.6 Å². The van der Waals surface area contributed by atoms with Gasteiger partial charge in [0.25, 0.3) is 0 Å². The minimum Gasteiger partial charge on any atom is -0.493 e. The highest BCUT2D eigenvalue weighted by Gasteiger charge is 2.28. The fraction of sp³-hybridized carbons (Fsp3) is 0.0909. The molecule has 0 radical (unpaired) electrons. The van der Waals surface area contributed by atoms with Gasteiger partial charge in [-0.1, -0.05) is 18.2 Å². The van der Waals surface area contributed by atoms with Crippen LogP contribution in [-0.2, 0) is 0 Å². The maximum atomic E-state index is 12.6. The fourth-order valence-electron chi connectivity index (χ4n) is 2.81. The van der Waals surface area contributed by atoms with E-state index in [1.165, 1.54) is 24.5 Å². The molecule has 2 heterocycles. The van der Waals surface area contributed by atoms with Crippen molar-refractivity contribution in [3.05, 3.63) is 83.5 Å². The number of allylic oxidation sites excluding steroid dienone is 1. The molecule has 0 aliphatic carbocycles. The molecule has 0 amide bonds. The minimum atomic E-state index is -0.629. The van der Waals surface area contributed by atoms with E-state index in [4.69, 9.17) is 18.6 Å². The van der Waals surface area contributed by atoms with Crippen molar-refractivity contribution in [3.8, 4) is 17.2 Å². The van der Waals surface area contributed by atoms with E-state index in [-0.39, 0.29) is 23.1 Å². The molecular formula is C22H16O6. The number of rotatable bonds is 5. The molecule has 6 heteroatoms. The maximum absolute atomic E-state index is 12.6. The third kappa shape index (κ3) is 3.40. The number of fused-ring (bicyclic) bond motifs is 1. The standard InChI is InChI=1S/C22H16O6/c1-2-25-17-7-4-3-6-14(17)12-20-21(23)16-10-9-15(13-19(16)28-20)27-22(24)18-8-5-11-26-18/h3-13H,2H2,1H3/b20-12-. The Labute approximate surface area is 160 Å². The molecule has 4 rings (SSSR count). The van der Waals surface area contributed by atoms with E-state index in [1.54, 1.807) is 18.2 Å². The molecule has 140 valence electrons. The molecule has 0 N–H and O–H groups in total. The summed E-state index contributed by atoms with van der Waals surface area (Å²) < 4.78 is 21.6. The van der Waals surface area contributed by atoms with Gasteiger partial charge in [0.15, 0.2) is 5.76 Å². The van der Waals surface area contributed by atoms with Crippen LogP contribution >= 0.6 is 0 Å². The molecular weight excluding hydrogens is 360 g/mol. The molecule has 0 bridgehead atoms. The zero-order valence-electron chi connectivity index (χ0n) is 15.0. The first-order chi connectivity index (χ1) is 13.7. The Bertz CT molecular complexity index is 1060. The molecule has 1 aliphatic rings. The number of benzene rings is 2. The summed E-state index contributed by atoms with van der Waals surface area (Å²) in [6, 6.07) is 15.1. The molecule has 2 aromatic carbocycles. The molecule has 1 aliphatic heterocycles. The van der Waals surface area contributed by atoms with Gasteiger partial charge in [0, 0.05) is 11.6 Å². The Balaban J connectivity index is 1.58. The predicted molar refractivity (Wildman–Crippen MR) is 101 cm³/mol. The van der Waals surface area contributed by atoms with Crippen molar-refractivity contribution in [2.24, 2.45) is 0 Å². The molecule has 0 saturated carbocycles. The van der Waals surface area contributed by atoms with Crippen molar-refractivity contribution in [1.29, 1.82) is 0 Å². The van der Waals surface area contributed by atoms with Gasteiger partial charge >= 0.3 is 5.97 Å². The van der Waals surface area contributed by atoms with Gasteiger partial charge in [0.05, 0.1) is 18.4 Å². The number of esters is 1. The Morgan fingerprint density at radius 1 is 1.11 bits per heavy atom. The van der Waals surface area contributed by atoms with Crippen LogP contribution in [0.2, 0.25) is 0 Å². The number of hydrogen-bond acceptors (Lipinski definition) is 6. The second-order valence-corrected chi connectivity index (χ2v) is 5.94. The van der Waals surface area contributed by atoms with Crippen LogP contribution in [0.15, 0.2) is 71.0 Å². The fourth-order valence-corrected chi connectivity index (χ4v) is 2.81. The monoisotopic (exact) mass is 376 g/mol. The van der Waals surface area contributed by atoms with Crippen molar-refractivity contribution >= 4 is 17.8 Å². The van der Waals surface area contributed by atoms with Gasteiger partial charge in [0.2, 0.25) is 11.5 Å². The lowest BCUT2D eigenvalue weighted by Crippen LogP contribution is -2.07. The molecule has 0 unspecified atom stereocenters. The minimum absolute atomic E-state index is 0.0885. The lowest BCUT2D eigenvalue weighted by atomic mass is 10.1. The van der Waals surface area contributed by atoms with Gasteiger partial charge in [-0.25, -0.2) is 4.79 Å². The topological polar surface area (TPSA) is 75.0 Å². The lowest BCUT2D eigenvalue weighted by molar-refractivity contribution is 0.0701. The van der Waals surface area contributed by atoms with E-state index in [2.05, 4.69) is 0 Å². The van der Waals surface area contributed by atoms with Crippen molar-refractivity contribution in [2.45, 2.75) is 6.92 Å². The van der Waals surface area contributed by atoms with Crippen LogP contribution in [0.5, 0.6) is 17.2 Å². The van der Waals surface area contributed by atoms with Crippen molar-refractivity contribution in [1.82, 2.24) is 0 Å². The van der Waals surface area contributed by atoms with Crippen LogP contribution in [0, 0.1) is 0 Å². The highest BCUT2D eigenvalue weighted by Crippen LogP contribution is 2.36. The van der Waals surface area contributed by atoms with E-state index < -0.39 is 5.97 Å². The van der Waals surface area contributed by atoms with Crippen LogP contribution in [0.1, 0.15) is 33.4 Å². The van der Waals surface area contributed by atoms with Gasteiger partial charge in [-0.3, -0.25) is 4.79 Å². The molecule has 28 heavy (non-hydrogen) atoms. The molecule has 0 saturated heterocycles. The summed E-state index contributed by atoms with van der Waals surface area (Å²) in [4.78, 5) is 24.6. The average Bonchev–Trinajstić information content (AvgIpc) is 3.33. The summed E-state index contributed by atoms with van der Waals surface area (Å²) >= 11 is 0. The molecule has 6 nitrogen and oxygen atoms in total. The maximum Gasteiger partial charge on any atom is 0.379 e. The second-order valence-electron chi connectivity index (χ2n) is 5.94. The summed E-state index contributed by atoms with van der Waals surface area (Å²) in [6.07, 6.45) is 3.03. The summed E-state index contributed by atoms with van der Waals surface area (Å²) in [5.41, 5.74) is 1.14. The van der Waals surface area contributed by atoms with Crippen molar-refractivity contribution in [3.63, 3.8) is 0 Å². The van der Waals surface area contributed by atoms with Crippen LogP contribution in [-0.4, -0.2) is 18.4 Å². The van der Waals surface area contributed by atoms with Gasteiger partial charge in [-0.05, 0) is 43.3 Å². The SMILES string of the molecule is CCOc1ccccc1/C=C1\Oc2cc(OC(=O)c3ccco3)ccc2C1=O. The van der Waals surface area contributed by atoms with Gasteiger partial charge in [-0.15, -0.1) is 0 Å². The zero-order valence-corrected chi connectivity index (χ0v) is 15.0. The summed E-state index contributed by atoms with van der Waals surface area (Å²) in [5, 5.41) is 0. The summed E-state index contributed by atoms with van der Waals surface area (Å²) in [6.45, 7) is 2.40. The van der Waals surface area contributed by atoms with Gasteiger partial charge in [-0.2, -0.15) is 0 Å². The Kier molecular flexibility index (Phi) is 4.68. The third-order valence-corrected chi connectivity index (χ3v) is 4.08.